The zero-order chi connectivity index (χ0) is 25.3. The number of thiophene rings is 1. The molecule has 0 amide bonds. The number of benzene rings is 2. The summed E-state index contributed by atoms with van der Waals surface area (Å²) >= 11 is 13.8. The Hall–Kier alpha value is -2.55. The number of carbonyl (C=O) groups excluding carboxylic acids is 1. The van der Waals surface area contributed by atoms with E-state index in [0.29, 0.717) is 20.9 Å². The SMILES string of the molecule is CC(C)(Oc1ccc(CCC(=O)c2ccc(-c3ccc(C(F)(F)F)cc3)s2)c(Cl)c1Cl)C(=O)O. The van der Waals surface area contributed by atoms with Gasteiger partial charge in [0.05, 0.1) is 15.5 Å². The molecule has 4 nitrogen and oxygen atoms in total. The molecule has 0 spiro atoms. The molecule has 34 heavy (non-hydrogen) atoms. The number of rotatable bonds is 8. The smallest absolute Gasteiger partial charge is 0.416 e. The Balaban J connectivity index is 1.68. The molecule has 10 heteroatoms. The van der Waals surface area contributed by atoms with Crippen LogP contribution in [0.2, 0.25) is 10.0 Å². The Morgan fingerprint density at radius 3 is 2.21 bits per heavy atom. The number of carboxylic acids is 1. The highest BCUT2D eigenvalue weighted by molar-refractivity contribution is 7.17. The molecule has 2 aromatic carbocycles. The Morgan fingerprint density at radius 1 is 0.971 bits per heavy atom. The molecular formula is C24H19Cl2F3O4S. The minimum Gasteiger partial charge on any atom is -0.478 e. The van der Waals surface area contributed by atoms with Crippen LogP contribution >= 0.6 is 34.5 Å². The molecule has 0 fully saturated rings. The van der Waals surface area contributed by atoms with E-state index in [0.717, 1.165) is 12.1 Å². The third-order valence-corrected chi connectivity index (χ3v) is 7.09. The van der Waals surface area contributed by atoms with Crippen LogP contribution in [0, 0.1) is 0 Å². The number of hydrogen-bond donors (Lipinski definition) is 1. The Kier molecular flexibility index (Phi) is 7.65. The molecule has 1 N–H and O–H groups in total. The lowest BCUT2D eigenvalue weighted by Gasteiger charge is -2.23. The molecule has 0 bridgehead atoms. The van der Waals surface area contributed by atoms with Gasteiger partial charge in [-0.05, 0) is 61.7 Å². The van der Waals surface area contributed by atoms with Crippen LogP contribution in [0.25, 0.3) is 10.4 Å². The van der Waals surface area contributed by atoms with Gasteiger partial charge >= 0.3 is 12.1 Å². The van der Waals surface area contributed by atoms with Crippen LogP contribution in [0.5, 0.6) is 5.75 Å². The number of aryl methyl sites for hydroxylation is 1. The molecule has 0 unspecified atom stereocenters. The second-order valence-electron chi connectivity index (χ2n) is 7.93. The number of ether oxygens (including phenoxy) is 1. The summed E-state index contributed by atoms with van der Waals surface area (Å²) in [5.74, 6) is -1.20. The highest BCUT2D eigenvalue weighted by Crippen LogP contribution is 2.38. The minimum atomic E-state index is -4.41. The van der Waals surface area contributed by atoms with Gasteiger partial charge in [-0.15, -0.1) is 11.3 Å². The van der Waals surface area contributed by atoms with Crippen LogP contribution in [0.3, 0.4) is 0 Å². The molecule has 0 saturated heterocycles. The molecule has 0 saturated carbocycles. The molecule has 0 radical (unpaired) electrons. The molecule has 1 aromatic heterocycles. The summed E-state index contributed by atoms with van der Waals surface area (Å²) in [6, 6.07) is 11.2. The number of carbonyl (C=O) groups is 2. The zero-order valence-corrected chi connectivity index (χ0v) is 20.3. The van der Waals surface area contributed by atoms with Gasteiger partial charge in [-0.3, -0.25) is 4.79 Å². The highest BCUT2D eigenvalue weighted by atomic mass is 35.5. The van der Waals surface area contributed by atoms with Crippen molar-refractivity contribution in [3.05, 3.63) is 74.6 Å². The van der Waals surface area contributed by atoms with Gasteiger partial charge in [0.15, 0.2) is 11.4 Å². The van der Waals surface area contributed by atoms with Crippen molar-refractivity contribution in [3.8, 4) is 16.2 Å². The second kappa shape index (κ2) is 9.98. The first-order valence-electron chi connectivity index (χ1n) is 9.99. The average molecular weight is 531 g/mol. The van der Waals surface area contributed by atoms with E-state index in [-0.39, 0.29) is 34.4 Å². The van der Waals surface area contributed by atoms with Gasteiger partial charge in [-0.25, -0.2) is 4.79 Å². The van der Waals surface area contributed by atoms with Gasteiger partial charge in [0.25, 0.3) is 0 Å². The summed E-state index contributed by atoms with van der Waals surface area (Å²) in [5, 5.41) is 9.44. The number of carboxylic acid groups (broad SMARTS) is 1. The third kappa shape index (κ3) is 5.92. The largest absolute Gasteiger partial charge is 0.478 e. The van der Waals surface area contributed by atoms with E-state index in [1.54, 1.807) is 18.2 Å². The lowest BCUT2D eigenvalue weighted by atomic mass is 10.1. The van der Waals surface area contributed by atoms with Crippen molar-refractivity contribution in [2.45, 2.75) is 38.5 Å². The molecule has 3 rings (SSSR count). The van der Waals surface area contributed by atoms with E-state index < -0.39 is 23.3 Å². The van der Waals surface area contributed by atoms with Crippen LogP contribution in [-0.2, 0) is 17.4 Å². The molecule has 3 aromatic rings. The highest BCUT2D eigenvalue weighted by Gasteiger charge is 2.31. The van der Waals surface area contributed by atoms with Gasteiger partial charge < -0.3 is 9.84 Å². The van der Waals surface area contributed by atoms with Gasteiger partial charge in [0, 0.05) is 11.3 Å². The first-order valence-corrected chi connectivity index (χ1v) is 11.6. The van der Waals surface area contributed by atoms with Gasteiger partial charge in [0.2, 0.25) is 0 Å². The number of Topliss-reactive ketones (excluding diaryl/α,β-unsaturated/α-hetero) is 1. The van der Waals surface area contributed by atoms with E-state index in [9.17, 15) is 27.9 Å². The fraction of sp³-hybridized carbons (Fsp3) is 0.250. The van der Waals surface area contributed by atoms with Crippen LogP contribution in [0.15, 0.2) is 48.5 Å². The van der Waals surface area contributed by atoms with E-state index in [2.05, 4.69) is 0 Å². The van der Waals surface area contributed by atoms with Gasteiger partial charge in [0.1, 0.15) is 10.8 Å². The fourth-order valence-electron chi connectivity index (χ4n) is 3.00. The molecular weight excluding hydrogens is 512 g/mol. The number of alkyl halides is 3. The Morgan fingerprint density at radius 2 is 1.62 bits per heavy atom. The molecule has 0 aliphatic heterocycles. The van der Waals surface area contributed by atoms with Crippen molar-refractivity contribution in [2.75, 3.05) is 0 Å². The van der Waals surface area contributed by atoms with Crippen LogP contribution in [0.4, 0.5) is 13.2 Å². The normalized spacial score (nSPS) is 12.0. The molecule has 180 valence electrons. The first kappa shape index (κ1) is 26.1. The van der Waals surface area contributed by atoms with Crippen LogP contribution in [-0.4, -0.2) is 22.5 Å². The Bertz CT molecular complexity index is 1220. The monoisotopic (exact) mass is 530 g/mol. The minimum absolute atomic E-state index is 0.0571. The summed E-state index contributed by atoms with van der Waals surface area (Å²) in [5.41, 5.74) is -1.05. The lowest BCUT2D eigenvalue weighted by molar-refractivity contribution is -0.152. The number of ketones is 1. The maximum Gasteiger partial charge on any atom is 0.416 e. The topological polar surface area (TPSA) is 63.6 Å². The quantitative estimate of drug-likeness (QED) is 0.302. The second-order valence-corrected chi connectivity index (χ2v) is 9.77. The molecule has 0 atom stereocenters. The zero-order valence-electron chi connectivity index (χ0n) is 18.0. The third-order valence-electron chi connectivity index (χ3n) is 5.01. The summed E-state index contributed by atoms with van der Waals surface area (Å²) in [6.07, 6.45) is -3.99. The first-order chi connectivity index (χ1) is 15.8. The van der Waals surface area contributed by atoms with Crippen molar-refractivity contribution in [1.82, 2.24) is 0 Å². The van der Waals surface area contributed by atoms with Crippen molar-refractivity contribution >= 4 is 46.3 Å². The van der Waals surface area contributed by atoms with E-state index >= 15 is 0 Å². The summed E-state index contributed by atoms with van der Waals surface area (Å²) < 4.78 is 43.7. The van der Waals surface area contributed by atoms with E-state index in [4.69, 9.17) is 27.9 Å². The number of halogens is 5. The van der Waals surface area contributed by atoms with Crippen LogP contribution < -0.4 is 4.74 Å². The van der Waals surface area contributed by atoms with Crippen LogP contribution in [0.1, 0.15) is 41.1 Å². The van der Waals surface area contributed by atoms with Gasteiger partial charge in [-0.1, -0.05) is 41.4 Å². The number of aliphatic carboxylic acids is 1. The average Bonchev–Trinajstić information content (AvgIpc) is 3.26. The number of hydrogen-bond acceptors (Lipinski definition) is 4. The van der Waals surface area contributed by atoms with E-state index in [1.165, 1.54) is 43.4 Å². The van der Waals surface area contributed by atoms with Crippen molar-refractivity contribution < 1.29 is 32.6 Å². The Labute approximate surface area is 207 Å². The molecule has 0 aliphatic rings. The van der Waals surface area contributed by atoms with Crippen molar-refractivity contribution in [1.29, 1.82) is 0 Å². The van der Waals surface area contributed by atoms with Crippen molar-refractivity contribution in [3.63, 3.8) is 0 Å². The van der Waals surface area contributed by atoms with E-state index in [1.807, 2.05) is 0 Å². The maximum atomic E-state index is 12.7. The fourth-order valence-corrected chi connectivity index (χ4v) is 4.45. The standard InChI is InChI=1S/C24H19Cl2F3O4S/c1-23(2,22(31)32)33-17-10-6-14(20(25)21(17)26)5-9-16(30)19-12-11-18(34-19)13-3-7-15(8-4-13)24(27,28)29/h3-4,6-8,10-12H,5,9H2,1-2H3,(H,31,32). The summed E-state index contributed by atoms with van der Waals surface area (Å²) in [7, 11) is 0. The maximum absolute atomic E-state index is 12.7. The summed E-state index contributed by atoms with van der Waals surface area (Å²) in [6.45, 7) is 2.76. The predicted octanol–water partition coefficient (Wildman–Crippen LogP) is 7.80. The van der Waals surface area contributed by atoms with Gasteiger partial charge in [-0.2, -0.15) is 13.2 Å². The predicted molar refractivity (Wildman–Crippen MR) is 126 cm³/mol. The molecule has 1 heterocycles. The summed E-state index contributed by atoms with van der Waals surface area (Å²) in [4.78, 5) is 25.1. The van der Waals surface area contributed by atoms with Crippen molar-refractivity contribution in [2.24, 2.45) is 0 Å². The lowest BCUT2D eigenvalue weighted by Crippen LogP contribution is -2.38. The molecule has 0 aliphatic carbocycles.